The van der Waals surface area contributed by atoms with E-state index in [9.17, 15) is 0 Å². The number of furan rings is 1. The molecular weight excluding hydrogens is 693 g/mol. The van der Waals surface area contributed by atoms with Crippen molar-refractivity contribution < 1.29 is 4.42 Å². The van der Waals surface area contributed by atoms with Gasteiger partial charge in [0, 0.05) is 50.4 Å². The van der Waals surface area contributed by atoms with Crippen LogP contribution in [0.5, 0.6) is 0 Å². The first-order valence-corrected chi connectivity index (χ1v) is 19.4. The van der Waals surface area contributed by atoms with Crippen LogP contribution in [0.3, 0.4) is 0 Å². The molecule has 0 saturated carbocycles. The number of para-hydroxylation sites is 3. The Labute approximate surface area is 330 Å². The fraction of sp³-hybridized carbons (Fsp3) is 0. The number of hydrogen-bond acceptors (Lipinski definition) is 2. The first-order valence-electron chi connectivity index (χ1n) is 19.4. The van der Waals surface area contributed by atoms with E-state index in [1.165, 1.54) is 49.6 Å². The Hall–Kier alpha value is -7.62. The van der Waals surface area contributed by atoms with E-state index in [0.29, 0.717) is 0 Å². The molecule has 0 radical (unpaired) electrons. The van der Waals surface area contributed by atoms with Gasteiger partial charge in [-0.1, -0.05) is 140 Å². The molecule has 268 valence electrons. The highest BCUT2D eigenvalue weighted by molar-refractivity contribution is 6.16. The van der Waals surface area contributed by atoms with Gasteiger partial charge in [-0.25, -0.2) is 0 Å². The van der Waals surface area contributed by atoms with Gasteiger partial charge in [0.05, 0.1) is 11.0 Å². The molecule has 0 bridgehead atoms. The molecule has 3 heteroatoms. The molecule has 0 aliphatic carbocycles. The maximum Gasteiger partial charge on any atom is 0.137 e. The van der Waals surface area contributed by atoms with E-state index >= 15 is 0 Å². The third-order valence-corrected chi connectivity index (χ3v) is 11.2. The minimum atomic E-state index is 0.870. The fourth-order valence-electron chi connectivity index (χ4n) is 8.52. The Morgan fingerprint density at radius 3 is 1.65 bits per heavy atom. The van der Waals surface area contributed by atoms with E-state index < -0.39 is 0 Å². The van der Waals surface area contributed by atoms with E-state index in [4.69, 9.17) is 4.42 Å². The second-order valence-electron chi connectivity index (χ2n) is 14.5. The van der Waals surface area contributed by atoms with Crippen molar-refractivity contribution in [3.05, 3.63) is 218 Å². The number of anilines is 3. The number of aromatic nitrogens is 1. The molecule has 2 heterocycles. The lowest BCUT2D eigenvalue weighted by Gasteiger charge is -2.26. The zero-order valence-electron chi connectivity index (χ0n) is 31.1. The molecular formula is C54H36N2O. The summed E-state index contributed by atoms with van der Waals surface area (Å²) < 4.78 is 8.74. The van der Waals surface area contributed by atoms with Crippen LogP contribution < -0.4 is 4.90 Å². The van der Waals surface area contributed by atoms with E-state index in [-0.39, 0.29) is 0 Å². The molecule has 0 aliphatic heterocycles. The van der Waals surface area contributed by atoms with Crippen LogP contribution in [0.2, 0.25) is 0 Å². The predicted octanol–water partition coefficient (Wildman–Crippen LogP) is 15.2. The minimum Gasteiger partial charge on any atom is -0.456 e. The van der Waals surface area contributed by atoms with Crippen molar-refractivity contribution >= 4 is 60.8 Å². The van der Waals surface area contributed by atoms with Gasteiger partial charge in [-0.2, -0.15) is 0 Å². The van der Waals surface area contributed by atoms with Crippen LogP contribution in [0.25, 0.3) is 82.8 Å². The smallest absolute Gasteiger partial charge is 0.137 e. The lowest BCUT2D eigenvalue weighted by atomic mass is 9.95. The second kappa shape index (κ2) is 13.6. The lowest BCUT2D eigenvalue weighted by Crippen LogP contribution is -2.09. The average Bonchev–Trinajstić information content (AvgIpc) is 3.83. The molecule has 2 aromatic heterocycles. The molecule has 0 amide bonds. The van der Waals surface area contributed by atoms with Gasteiger partial charge in [-0.3, -0.25) is 0 Å². The lowest BCUT2D eigenvalue weighted by molar-refractivity contribution is 0.669. The van der Waals surface area contributed by atoms with Gasteiger partial charge in [0.1, 0.15) is 11.2 Å². The highest BCUT2D eigenvalue weighted by Crippen LogP contribution is 2.42. The van der Waals surface area contributed by atoms with Crippen molar-refractivity contribution in [1.82, 2.24) is 4.57 Å². The van der Waals surface area contributed by atoms with Crippen LogP contribution in [0, 0.1) is 0 Å². The van der Waals surface area contributed by atoms with E-state index in [1.807, 2.05) is 12.1 Å². The number of nitrogens with zero attached hydrogens (tertiary/aromatic N) is 2. The summed E-state index contributed by atoms with van der Waals surface area (Å²) >= 11 is 0. The van der Waals surface area contributed by atoms with Crippen LogP contribution in [-0.4, -0.2) is 4.57 Å². The molecule has 0 aliphatic rings. The van der Waals surface area contributed by atoms with Crippen molar-refractivity contribution in [3.8, 4) is 39.1 Å². The predicted molar refractivity (Wildman–Crippen MR) is 239 cm³/mol. The molecule has 3 nitrogen and oxygen atoms in total. The molecule has 11 rings (SSSR count). The molecule has 9 aromatic carbocycles. The summed E-state index contributed by atoms with van der Waals surface area (Å²) in [4.78, 5) is 2.31. The first kappa shape index (κ1) is 32.8. The summed E-state index contributed by atoms with van der Waals surface area (Å²) in [6.45, 7) is 0. The van der Waals surface area contributed by atoms with Gasteiger partial charge in [-0.15, -0.1) is 0 Å². The third-order valence-electron chi connectivity index (χ3n) is 11.2. The molecule has 0 atom stereocenters. The Bertz CT molecular complexity index is 3210. The van der Waals surface area contributed by atoms with Gasteiger partial charge in [0.25, 0.3) is 0 Å². The molecule has 11 aromatic rings. The second-order valence-corrected chi connectivity index (χ2v) is 14.5. The highest BCUT2D eigenvalue weighted by atomic mass is 16.3. The summed E-state index contributed by atoms with van der Waals surface area (Å²) in [7, 11) is 0. The molecule has 57 heavy (non-hydrogen) atoms. The van der Waals surface area contributed by atoms with Crippen LogP contribution >= 0.6 is 0 Å². The molecule has 0 saturated heterocycles. The number of fused-ring (bicyclic) bond motifs is 6. The van der Waals surface area contributed by atoms with Crippen LogP contribution in [0.4, 0.5) is 17.1 Å². The average molecular weight is 729 g/mol. The summed E-state index contributed by atoms with van der Waals surface area (Å²) in [6.07, 6.45) is 0. The van der Waals surface area contributed by atoms with Crippen LogP contribution in [0.15, 0.2) is 223 Å². The van der Waals surface area contributed by atoms with Gasteiger partial charge in [0.15, 0.2) is 0 Å². The summed E-state index contributed by atoms with van der Waals surface area (Å²) in [6, 6.07) is 78.1. The molecule has 0 fully saturated rings. The van der Waals surface area contributed by atoms with Crippen molar-refractivity contribution in [2.75, 3.05) is 4.90 Å². The zero-order valence-corrected chi connectivity index (χ0v) is 31.1. The maximum atomic E-state index is 6.36. The summed E-state index contributed by atoms with van der Waals surface area (Å²) in [5.41, 5.74) is 15.6. The zero-order chi connectivity index (χ0) is 37.7. The topological polar surface area (TPSA) is 21.3 Å². The Morgan fingerprint density at radius 2 is 0.877 bits per heavy atom. The monoisotopic (exact) mass is 728 g/mol. The first-order chi connectivity index (χ1) is 28.3. The standard InChI is InChI=1S/C54H36N2O/c1-3-13-37(14-4-1)38-25-29-43(30-26-38)55(45-33-34-48-47-19-8-10-24-52(47)57-53(48)36-45)44-31-27-39(28-32-44)40-15-11-16-41(35-40)46-21-12-23-51-54(46)49-20-7-9-22-50(49)56(51)42-17-5-2-6-18-42/h1-36H. The highest BCUT2D eigenvalue weighted by Gasteiger charge is 2.18. The van der Waals surface area contributed by atoms with E-state index in [2.05, 4.69) is 216 Å². The number of benzene rings is 9. The van der Waals surface area contributed by atoms with Gasteiger partial charge >= 0.3 is 0 Å². The van der Waals surface area contributed by atoms with Gasteiger partial charge in [0.2, 0.25) is 0 Å². The Kier molecular flexibility index (Phi) is 7.82. The van der Waals surface area contributed by atoms with Crippen molar-refractivity contribution in [1.29, 1.82) is 0 Å². The minimum absolute atomic E-state index is 0.870. The quantitative estimate of drug-likeness (QED) is 0.163. The molecule has 0 spiro atoms. The van der Waals surface area contributed by atoms with Crippen LogP contribution in [-0.2, 0) is 0 Å². The SMILES string of the molecule is c1ccc(-c2ccc(N(c3ccc(-c4cccc(-c5cccc6c5c5ccccc5n6-c5ccccc5)c4)cc3)c3ccc4c(c3)oc3ccccc34)cc2)cc1. The van der Waals surface area contributed by atoms with Crippen LogP contribution in [0.1, 0.15) is 0 Å². The summed E-state index contributed by atoms with van der Waals surface area (Å²) in [5, 5.41) is 4.76. The largest absolute Gasteiger partial charge is 0.456 e. The van der Waals surface area contributed by atoms with Crippen molar-refractivity contribution in [2.24, 2.45) is 0 Å². The Balaban J connectivity index is 0.992. The van der Waals surface area contributed by atoms with Crippen molar-refractivity contribution in [2.45, 2.75) is 0 Å². The van der Waals surface area contributed by atoms with E-state index in [0.717, 1.165) is 50.3 Å². The maximum absolute atomic E-state index is 6.36. The van der Waals surface area contributed by atoms with Gasteiger partial charge in [-0.05, 0) is 106 Å². The van der Waals surface area contributed by atoms with Crippen molar-refractivity contribution in [3.63, 3.8) is 0 Å². The number of rotatable bonds is 7. The molecule has 0 unspecified atom stereocenters. The Morgan fingerprint density at radius 1 is 0.333 bits per heavy atom. The van der Waals surface area contributed by atoms with E-state index in [1.54, 1.807) is 0 Å². The fourth-order valence-corrected chi connectivity index (χ4v) is 8.52. The number of hydrogen-bond donors (Lipinski definition) is 0. The normalized spacial score (nSPS) is 11.5. The van der Waals surface area contributed by atoms with Gasteiger partial charge < -0.3 is 13.9 Å². The molecule has 0 N–H and O–H groups in total. The third kappa shape index (κ3) is 5.68. The summed E-state index contributed by atoms with van der Waals surface area (Å²) in [5.74, 6) is 0.